The molecular formula is C11H12Cl2N4O2. The lowest BCUT2D eigenvalue weighted by atomic mass is 10.1. The highest BCUT2D eigenvalue weighted by Gasteiger charge is 2.22. The van der Waals surface area contributed by atoms with Gasteiger partial charge in [-0.05, 0) is 24.6 Å². The molecule has 1 aromatic rings. The summed E-state index contributed by atoms with van der Waals surface area (Å²) in [6.07, 6.45) is 0.534. The molecule has 0 saturated carbocycles. The zero-order valence-electron chi connectivity index (χ0n) is 9.88. The summed E-state index contributed by atoms with van der Waals surface area (Å²) in [5.74, 6) is -1.05. The molecule has 0 aliphatic carbocycles. The number of carboxylic acid groups (broad SMARTS) is 1. The second-order valence-corrected chi connectivity index (χ2v) is 4.46. The van der Waals surface area contributed by atoms with E-state index in [1.807, 2.05) is 0 Å². The number of azide groups is 1. The Morgan fingerprint density at radius 2 is 2.26 bits per heavy atom. The molecule has 0 spiro atoms. The molecule has 102 valence electrons. The van der Waals surface area contributed by atoms with E-state index >= 15 is 0 Å². The molecule has 0 fully saturated rings. The number of carboxylic acids is 1. The van der Waals surface area contributed by atoms with Gasteiger partial charge in [0.1, 0.15) is 6.04 Å². The van der Waals surface area contributed by atoms with Crippen LogP contribution in [0.3, 0.4) is 0 Å². The number of benzene rings is 1. The Kier molecular flexibility index (Phi) is 6.45. The minimum atomic E-state index is -1.05. The summed E-state index contributed by atoms with van der Waals surface area (Å²) < 4.78 is 0. The summed E-state index contributed by atoms with van der Waals surface area (Å²) in [6.45, 7) is 0.692. The number of halogens is 2. The summed E-state index contributed by atoms with van der Waals surface area (Å²) in [6, 6.07) is 3.89. The number of aliphatic carboxylic acids is 1. The first kappa shape index (κ1) is 15.6. The Hall–Kier alpha value is -1.46. The van der Waals surface area contributed by atoms with Crippen LogP contribution in [0, 0.1) is 0 Å². The normalized spacial score (nSPS) is 11.7. The van der Waals surface area contributed by atoms with Crippen LogP contribution in [0.15, 0.2) is 23.3 Å². The molecule has 8 heteroatoms. The SMILES string of the molecule is [N-]=[N+]=NCCCNC(C(=O)O)c1cccc(Cl)c1Cl. The maximum atomic E-state index is 11.2. The maximum Gasteiger partial charge on any atom is 0.325 e. The number of nitrogens with zero attached hydrogens (tertiary/aromatic N) is 3. The highest BCUT2D eigenvalue weighted by atomic mass is 35.5. The Balaban J connectivity index is 2.75. The van der Waals surface area contributed by atoms with Crippen LogP contribution in [0.25, 0.3) is 10.4 Å². The van der Waals surface area contributed by atoms with Crippen molar-refractivity contribution < 1.29 is 9.90 Å². The lowest BCUT2D eigenvalue weighted by Gasteiger charge is -2.16. The van der Waals surface area contributed by atoms with Gasteiger partial charge in [0, 0.05) is 17.0 Å². The van der Waals surface area contributed by atoms with Crippen LogP contribution >= 0.6 is 23.2 Å². The molecule has 0 saturated heterocycles. The molecule has 1 unspecified atom stereocenters. The summed E-state index contributed by atoms with van der Waals surface area (Å²) in [5, 5.41) is 15.9. The van der Waals surface area contributed by atoms with Crippen molar-refractivity contribution >= 4 is 29.2 Å². The quantitative estimate of drug-likeness (QED) is 0.349. The van der Waals surface area contributed by atoms with E-state index in [0.29, 0.717) is 30.1 Å². The number of carbonyl (C=O) groups is 1. The van der Waals surface area contributed by atoms with Crippen LogP contribution in [0.4, 0.5) is 0 Å². The molecule has 0 aliphatic rings. The van der Waals surface area contributed by atoms with Gasteiger partial charge in [0.25, 0.3) is 0 Å². The van der Waals surface area contributed by atoms with Gasteiger partial charge in [-0.3, -0.25) is 4.79 Å². The molecule has 0 bridgehead atoms. The van der Waals surface area contributed by atoms with Gasteiger partial charge in [0.15, 0.2) is 0 Å². The highest BCUT2D eigenvalue weighted by molar-refractivity contribution is 6.42. The largest absolute Gasteiger partial charge is 0.480 e. The van der Waals surface area contributed by atoms with Crippen LogP contribution < -0.4 is 5.32 Å². The van der Waals surface area contributed by atoms with Crippen molar-refractivity contribution in [2.45, 2.75) is 12.5 Å². The summed E-state index contributed by atoms with van der Waals surface area (Å²) >= 11 is 11.9. The van der Waals surface area contributed by atoms with Crippen LogP contribution in [0.5, 0.6) is 0 Å². The summed E-state index contributed by atoms with van der Waals surface area (Å²) in [5.41, 5.74) is 8.53. The lowest BCUT2D eigenvalue weighted by Crippen LogP contribution is -2.29. The monoisotopic (exact) mass is 302 g/mol. The fourth-order valence-electron chi connectivity index (χ4n) is 1.51. The molecule has 0 heterocycles. The first-order valence-electron chi connectivity index (χ1n) is 5.49. The third-order valence-electron chi connectivity index (χ3n) is 2.39. The van der Waals surface area contributed by atoms with E-state index in [1.54, 1.807) is 18.2 Å². The first-order valence-corrected chi connectivity index (χ1v) is 6.24. The predicted molar refractivity (Wildman–Crippen MR) is 73.5 cm³/mol. The zero-order chi connectivity index (χ0) is 14.3. The molecule has 0 aromatic heterocycles. The zero-order valence-corrected chi connectivity index (χ0v) is 11.4. The van der Waals surface area contributed by atoms with Crippen molar-refractivity contribution in [1.82, 2.24) is 5.32 Å². The van der Waals surface area contributed by atoms with Gasteiger partial charge in [-0.2, -0.15) is 0 Å². The summed E-state index contributed by atoms with van der Waals surface area (Å²) in [7, 11) is 0. The molecule has 1 aromatic carbocycles. The second-order valence-electron chi connectivity index (χ2n) is 3.68. The average Bonchev–Trinajstić information content (AvgIpc) is 2.37. The van der Waals surface area contributed by atoms with E-state index in [0.717, 1.165) is 0 Å². The van der Waals surface area contributed by atoms with Gasteiger partial charge < -0.3 is 10.4 Å². The number of nitrogens with one attached hydrogen (secondary N) is 1. The van der Waals surface area contributed by atoms with Gasteiger partial charge in [0.05, 0.1) is 10.0 Å². The molecule has 2 N–H and O–H groups in total. The van der Waals surface area contributed by atoms with Gasteiger partial charge in [-0.15, -0.1) is 0 Å². The fourth-order valence-corrected chi connectivity index (χ4v) is 1.93. The van der Waals surface area contributed by atoms with Gasteiger partial charge in [-0.1, -0.05) is 40.4 Å². The third kappa shape index (κ3) is 4.61. The summed E-state index contributed by atoms with van der Waals surface area (Å²) in [4.78, 5) is 13.9. The molecule has 1 rings (SSSR count). The van der Waals surface area contributed by atoms with Gasteiger partial charge in [-0.25, -0.2) is 0 Å². The minimum absolute atomic E-state index is 0.221. The van der Waals surface area contributed by atoms with Crippen LogP contribution in [0.2, 0.25) is 10.0 Å². The first-order chi connectivity index (χ1) is 9.07. The lowest BCUT2D eigenvalue weighted by molar-refractivity contribution is -0.139. The number of hydrogen-bond donors (Lipinski definition) is 2. The Morgan fingerprint density at radius 1 is 1.53 bits per heavy atom. The number of rotatable bonds is 7. The van der Waals surface area contributed by atoms with E-state index < -0.39 is 12.0 Å². The van der Waals surface area contributed by atoms with Crippen molar-refractivity contribution in [1.29, 1.82) is 0 Å². The Morgan fingerprint density at radius 3 is 2.89 bits per heavy atom. The maximum absolute atomic E-state index is 11.2. The standard InChI is InChI=1S/C11H12Cl2N4O2/c12-8-4-1-3-7(9(8)13)10(11(18)19)15-5-2-6-16-17-14/h1,3-4,10,15H,2,5-6H2,(H,18,19). The van der Waals surface area contributed by atoms with Crippen molar-refractivity contribution in [2.24, 2.45) is 5.11 Å². The Bertz CT molecular complexity index is 503. The van der Waals surface area contributed by atoms with E-state index in [1.165, 1.54) is 0 Å². The van der Waals surface area contributed by atoms with Crippen molar-refractivity contribution in [3.8, 4) is 0 Å². The van der Waals surface area contributed by atoms with Crippen LogP contribution in [0.1, 0.15) is 18.0 Å². The van der Waals surface area contributed by atoms with Crippen LogP contribution in [-0.2, 0) is 4.79 Å². The molecule has 19 heavy (non-hydrogen) atoms. The molecule has 0 aliphatic heterocycles. The molecule has 0 amide bonds. The van der Waals surface area contributed by atoms with E-state index in [2.05, 4.69) is 15.3 Å². The Labute approximate surface area is 120 Å². The van der Waals surface area contributed by atoms with E-state index in [9.17, 15) is 9.90 Å². The highest BCUT2D eigenvalue weighted by Crippen LogP contribution is 2.30. The molecule has 1 atom stereocenters. The fraction of sp³-hybridized carbons (Fsp3) is 0.364. The van der Waals surface area contributed by atoms with Gasteiger partial charge in [0.2, 0.25) is 0 Å². The minimum Gasteiger partial charge on any atom is -0.480 e. The van der Waals surface area contributed by atoms with Crippen molar-refractivity contribution in [3.05, 3.63) is 44.3 Å². The second kappa shape index (κ2) is 7.86. The third-order valence-corrected chi connectivity index (χ3v) is 3.22. The van der Waals surface area contributed by atoms with Gasteiger partial charge >= 0.3 is 5.97 Å². The van der Waals surface area contributed by atoms with Crippen molar-refractivity contribution in [3.63, 3.8) is 0 Å². The van der Waals surface area contributed by atoms with Crippen LogP contribution in [-0.4, -0.2) is 24.2 Å². The van der Waals surface area contributed by atoms with Crippen molar-refractivity contribution in [2.75, 3.05) is 13.1 Å². The number of hydrogen-bond acceptors (Lipinski definition) is 3. The van der Waals surface area contributed by atoms with E-state index in [4.69, 9.17) is 28.7 Å². The van der Waals surface area contributed by atoms with E-state index in [-0.39, 0.29) is 5.02 Å². The average molecular weight is 303 g/mol. The molecular weight excluding hydrogens is 291 g/mol. The topological polar surface area (TPSA) is 98.1 Å². The predicted octanol–water partition coefficient (Wildman–Crippen LogP) is 3.41. The molecule has 0 radical (unpaired) electrons. The smallest absolute Gasteiger partial charge is 0.325 e. The molecule has 6 nitrogen and oxygen atoms in total.